The van der Waals surface area contributed by atoms with E-state index in [1.54, 1.807) is 7.11 Å². The van der Waals surface area contributed by atoms with Gasteiger partial charge in [0.25, 0.3) is 0 Å². The number of hydrogen-bond donors (Lipinski definition) is 3. The predicted molar refractivity (Wildman–Crippen MR) is 140 cm³/mol. The van der Waals surface area contributed by atoms with Gasteiger partial charge in [-0.3, -0.25) is 9.69 Å². The van der Waals surface area contributed by atoms with Gasteiger partial charge in [-0.05, 0) is 62.1 Å². The van der Waals surface area contributed by atoms with Gasteiger partial charge in [-0.25, -0.2) is 9.59 Å². The Morgan fingerprint density at radius 2 is 1.70 bits per heavy atom. The molecule has 0 aliphatic carbocycles. The van der Waals surface area contributed by atoms with Crippen LogP contribution in [0.5, 0.6) is 11.5 Å². The van der Waals surface area contributed by atoms with Gasteiger partial charge in [0.15, 0.2) is 0 Å². The van der Waals surface area contributed by atoms with Crippen molar-refractivity contribution in [2.45, 2.75) is 32.6 Å². The normalized spacial score (nSPS) is 15.1. The zero-order valence-corrected chi connectivity index (χ0v) is 21.4. The molecule has 200 valence electrons. The lowest BCUT2D eigenvalue weighted by molar-refractivity contribution is -0.159. The Balaban J connectivity index is 0.000000568. The van der Waals surface area contributed by atoms with Gasteiger partial charge < -0.3 is 29.9 Å². The average Bonchev–Trinajstić information content (AvgIpc) is 2.89. The third-order valence-corrected chi connectivity index (χ3v) is 6.35. The second kappa shape index (κ2) is 13.5. The molecule has 3 N–H and O–H groups in total. The number of aryl methyl sites for hydroxylation is 2. The molecule has 10 heteroatoms. The van der Waals surface area contributed by atoms with Crippen molar-refractivity contribution < 1.29 is 34.1 Å². The number of fused-ring (bicyclic) bond motifs is 1. The summed E-state index contributed by atoms with van der Waals surface area (Å²) in [6.45, 7) is 8.09. The minimum absolute atomic E-state index is 0.0885. The van der Waals surface area contributed by atoms with Gasteiger partial charge in [0.2, 0.25) is 5.91 Å². The van der Waals surface area contributed by atoms with Crippen molar-refractivity contribution in [1.82, 2.24) is 4.90 Å². The van der Waals surface area contributed by atoms with E-state index in [4.69, 9.17) is 29.3 Å². The molecule has 0 saturated carbocycles. The monoisotopic (exact) mass is 513 g/mol. The van der Waals surface area contributed by atoms with E-state index in [0.717, 1.165) is 69.2 Å². The van der Waals surface area contributed by atoms with Crippen LogP contribution in [0, 0.1) is 6.92 Å². The molecule has 1 amide bonds. The standard InChI is InChI=1S/C25H33N3O3.C2H2O4/c1-19-5-9-23(24(17-19)30-2)28-14-12-27(13-15-28)11-3-4-16-31-21-8-6-20-7-10-25(29)26-22(20)18-21;3-1(4)2(5)6/h5-6,8-9,17-18H,3-4,7,10-16H2,1-2H3,(H,26,29);(H,3,4)(H,5,6). The van der Waals surface area contributed by atoms with Crippen LogP contribution in [0.15, 0.2) is 36.4 Å². The first kappa shape index (κ1) is 27.8. The molecule has 2 heterocycles. The molecule has 2 aromatic carbocycles. The Bertz CT molecular complexity index is 1090. The van der Waals surface area contributed by atoms with E-state index in [1.165, 1.54) is 16.8 Å². The van der Waals surface area contributed by atoms with Crippen LogP contribution in [0.1, 0.15) is 30.4 Å². The molecule has 0 atom stereocenters. The topological polar surface area (TPSA) is 129 Å². The summed E-state index contributed by atoms with van der Waals surface area (Å²) in [6, 6.07) is 12.5. The van der Waals surface area contributed by atoms with E-state index in [9.17, 15) is 4.79 Å². The molecule has 2 aromatic rings. The minimum Gasteiger partial charge on any atom is -0.495 e. The quantitative estimate of drug-likeness (QED) is 0.360. The molecule has 2 aliphatic rings. The highest BCUT2D eigenvalue weighted by Crippen LogP contribution is 2.30. The van der Waals surface area contributed by atoms with Crippen LogP contribution in [0.25, 0.3) is 0 Å². The number of carboxylic acid groups (broad SMARTS) is 2. The number of piperazine rings is 1. The summed E-state index contributed by atoms with van der Waals surface area (Å²) in [4.78, 5) is 34.7. The maximum Gasteiger partial charge on any atom is 0.414 e. The first-order valence-corrected chi connectivity index (χ1v) is 12.4. The molecular weight excluding hydrogens is 478 g/mol. The van der Waals surface area contributed by atoms with Gasteiger partial charge in [-0.15, -0.1) is 0 Å². The maximum absolute atomic E-state index is 11.6. The highest BCUT2D eigenvalue weighted by atomic mass is 16.5. The lowest BCUT2D eigenvalue weighted by atomic mass is 10.0. The second-order valence-corrected chi connectivity index (χ2v) is 9.04. The number of aliphatic carboxylic acids is 2. The highest BCUT2D eigenvalue weighted by Gasteiger charge is 2.19. The molecule has 2 aliphatic heterocycles. The first-order valence-electron chi connectivity index (χ1n) is 12.4. The number of carbonyl (C=O) groups is 3. The van der Waals surface area contributed by atoms with E-state index in [0.29, 0.717) is 13.0 Å². The molecule has 0 bridgehead atoms. The van der Waals surface area contributed by atoms with Crippen LogP contribution in [0.4, 0.5) is 11.4 Å². The number of carbonyl (C=O) groups excluding carboxylic acids is 1. The summed E-state index contributed by atoms with van der Waals surface area (Å²) in [5.74, 6) is -1.76. The third kappa shape index (κ3) is 8.38. The van der Waals surface area contributed by atoms with E-state index in [-0.39, 0.29) is 5.91 Å². The summed E-state index contributed by atoms with van der Waals surface area (Å²) in [5.41, 5.74) is 4.51. The molecule has 0 aromatic heterocycles. The fraction of sp³-hybridized carbons (Fsp3) is 0.444. The van der Waals surface area contributed by atoms with E-state index in [2.05, 4.69) is 46.3 Å². The summed E-state index contributed by atoms with van der Waals surface area (Å²) < 4.78 is 11.5. The van der Waals surface area contributed by atoms with Crippen molar-refractivity contribution in [2.75, 3.05) is 56.7 Å². The van der Waals surface area contributed by atoms with E-state index >= 15 is 0 Å². The lowest BCUT2D eigenvalue weighted by Crippen LogP contribution is -2.46. The van der Waals surface area contributed by atoms with Crippen molar-refractivity contribution in [3.8, 4) is 11.5 Å². The van der Waals surface area contributed by atoms with E-state index < -0.39 is 11.9 Å². The minimum atomic E-state index is -1.82. The summed E-state index contributed by atoms with van der Waals surface area (Å²) in [5, 5.41) is 17.7. The van der Waals surface area contributed by atoms with Gasteiger partial charge >= 0.3 is 11.9 Å². The van der Waals surface area contributed by atoms with Crippen molar-refractivity contribution in [3.05, 3.63) is 47.5 Å². The van der Waals surface area contributed by atoms with Crippen LogP contribution in [-0.2, 0) is 20.8 Å². The first-order chi connectivity index (χ1) is 17.8. The summed E-state index contributed by atoms with van der Waals surface area (Å²) in [6.07, 6.45) is 3.52. The number of nitrogens with one attached hydrogen (secondary N) is 1. The molecule has 37 heavy (non-hydrogen) atoms. The number of hydrogen-bond acceptors (Lipinski definition) is 7. The van der Waals surface area contributed by atoms with Crippen molar-refractivity contribution >= 4 is 29.2 Å². The number of carboxylic acids is 2. The zero-order chi connectivity index (χ0) is 26.8. The molecule has 0 spiro atoms. The summed E-state index contributed by atoms with van der Waals surface area (Å²) >= 11 is 0. The number of benzene rings is 2. The fourth-order valence-corrected chi connectivity index (χ4v) is 4.33. The van der Waals surface area contributed by atoms with Gasteiger partial charge in [0.05, 0.1) is 19.4 Å². The molecule has 0 radical (unpaired) electrons. The Hall–Kier alpha value is -3.79. The number of methoxy groups -OCH3 is 1. The Morgan fingerprint density at radius 3 is 2.38 bits per heavy atom. The van der Waals surface area contributed by atoms with Gasteiger partial charge in [0, 0.05) is 44.4 Å². The number of amides is 1. The van der Waals surface area contributed by atoms with Crippen molar-refractivity contribution in [1.29, 1.82) is 0 Å². The number of anilines is 2. The molecule has 0 unspecified atom stereocenters. The van der Waals surface area contributed by atoms with E-state index in [1.807, 2.05) is 12.1 Å². The van der Waals surface area contributed by atoms with Crippen LogP contribution >= 0.6 is 0 Å². The number of nitrogens with zero attached hydrogens (tertiary/aromatic N) is 2. The number of rotatable bonds is 8. The number of unbranched alkanes of at least 4 members (excludes halogenated alkanes) is 1. The Kier molecular flexibility index (Phi) is 10.1. The van der Waals surface area contributed by atoms with Gasteiger partial charge in [-0.2, -0.15) is 0 Å². The van der Waals surface area contributed by atoms with Crippen LogP contribution in [0.2, 0.25) is 0 Å². The summed E-state index contributed by atoms with van der Waals surface area (Å²) in [7, 11) is 1.75. The molecule has 1 fully saturated rings. The molecule has 4 rings (SSSR count). The van der Waals surface area contributed by atoms with Crippen molar-refractivity contribution in [2.24, 2.45) is 0 Å². The molecule has 10 nitrogen and oxygen atoms in total. The SMILES string of the molecule is COc1cc(C)ccc1N1CCN(CCCCOc2ccc3c(c2)NC(=O)CC3)CC1.O=C(O)C(=O)O. The second-order valence-electron chi connectivity index (χ2n) is 9.04. The van der Waals surface area contributed by atoms with Gasteiger partial charge in [0.1, 0.15) is 11.5 Å². The van der Waals surface area contributed by atoms with Crippen LogP contribution < -0.4 is 19.7 Å². The maximum atomic E-state index is 11.6. The van der Waals surface area contributed by atoms with Crippen LogP contribution in [0.3, 0.4) is 0 Å². The van der Waals surface area contributed by atoms with Gasteiger partial charge in [-0.1, -0.05) is 12.1 Å². The zero-order valence-electron chi connectivity index (χ0n) is 21.4. The largest absolute Gasteiger partial charge is 0.495 e. The Morgan fingerprint density at radius 1 is 0.973 bits per heavy atom. The molecule has 1 saturated heterocycles. The Labute approximate surface area is 216 Å². The van der Waals surface area contributed by atoms with Crippen LogP contribution in [-0.4, -0.2) is 79.4 Å². The fourth-order valence-electron chi connectivity index (χ4n) is 4.33. The number of ether oxygens (including phenoxy) is 2. The lowest BCUT2D eigenvalue weighted by Gasteiger charge is -2.36. The third-order valence-electron chi connectivity index (χ3n) is 6.35. The smallest absolute Gasteiger partial charge is 0.414 e. The average molecular weight is 514 g/mol. The highest BCUT2D eigenvalue weighted by molar-refractivity contribution is 6.27. The van der Waals surface area contributed by atoms with Crippen molar-refractivity contribution in [3.63, 3.8) is 0 Å². The predicted octanol–water partition coefficient (Wildman–Crippen LogP) is 3.03. The molecular formula is C27H35N3O7.